The summed E-state index contributed by atoms with van der Waals surface area (Å²) < 4.78 is 11.1. The number of benzene rings is 2. The molecule has 0 radical (unpaired) electrons. The zero-order valence-corrected chi connectivity index (χ0v) is 20.1. The zero-order chi connectivity index (χ0) is 23.5. The van der Waals surface area contributed by atoms with Crippen molar-refractivity contribution in [2.45, 2.75) is 19.4 Å². The lowest BCUT2D eigenvalue weighted by molar-refractivity contribution is 0.0354. The number of hydrogen-bond donors (Lipinski definition) is 1. The number of amides is 1. The number of ether oxygens (including phenoxy) is 2. The summed E-state index contributed by atoms with van der Waals surface area (Å²) >= 11 is 6.11. The smallest absolute Gasteiger partial charge is 0.273 e. The second-order valence-corrected chi connectivity index (χ2v) is 9.01. The van der Waals surface area contributed by atoms with E-state index in [1.54, 1.807) is 0 Å². The predicted octanol–water partition coefficient (Wildman–Crippen LogP) is 4.40. The summed E-state index contributed by atoms with van der Waals surface area (Å²) in [7, 11) is 0. The Morgan fingerprint density at radius 1 is 1.09 bits per heavy atom. The number of aromatic amines is 1. The van der Waals surface area contributed by atoms with Crippen LogP contribution >= 0.6 is 11.6 Å². The highest BCUT2D eigenvalue weighted by molar-refractivity contribution is 6.30. The van der Waals surface area contributed by atoms with Crippen LogP contribution < -0.4 is 4.74 Å². The Labute approximate surface area is 204 Å². The van der Waals surface area contributed by atoms with Gasteiger partial charge in [0.1, 0.15) is 11.4 Å². The molecule has 0 spiro atoms. The number of rotatable bonds is 8. The summed E-state index contributed by atoms with van der Waals surface area (Å²) in [5, 5.41) is 8.23. The summed E-state index contributed by atoms with van der Waals surface area (Å²) in [5.41, 5.74) is 4.24. The van der Waals surface area contributed by atoms with Gasteiger partial charge in [0.15, 0.2) is 0 Å². The fraction of sp³-hybridized carbons (Fsp3) is 0.385. The maximum atomic E-state index is 13.5. The van der Waals surface area contributed by atoms with Gasteiger partial charge in [0.05, 0.1) is 31.6 Å². The molecular formula is C26H29ClN4O3. The normalized spacial score (nSPS) is 18.4. The molecule has 0 saturated carbocycles. The van der Waals surface area contributed by atoms with E-state index in [2.05, 4.69) is 15.1 Å². The average molecular weight is 481 g/mol. The van der Waals surface area contributed by atoms with Crippen LogP contribution in [0.1, 0.15) is 41.0 Å². The van der Waals surface area contributed by atoms with Crippen molar-refractivity contribution in [2.24, 2.45) is 0 Å². The summed E-state index contributed by atoms with van der Waals surface area (Å²) in [5.74, 6) is 0.809. The Morgan fingerprint density at radius 3 is 2.53 bits per heavy atom. The third-order valence-corrected chi connectivity index (χ3v) is 6.72. The lowest BCUT2D eigenvalue weighted by atomic mass is 9.96. The molecule has 2 aromatic carbocycles. The molecule has 1 fully saturated rings. The van der Waals surface area contributed by atoms with Crippen LogP contribution in [-0.4, -0.2) is 71.9 Å². The van der Waals surface area contributed by atoms with Crippen LogP contribution in [0.4, 0.5) is 0 Å². The van der Waals surface area contributed by atoms with Crippen LogP contribution in [0, 0.1) is 0 Å². The van der Waals surface area contributed by atoms with E-state index in [1.807, 2.05) is 60.4 Å². The van der Waals surface area contributed by atoms with Gasteiger partial charge in [-0.3, -0.25) is 14.8 Å². The van der Waals surface area contributed by atoms with E-state index in [0.29, 0.717) is 23.9 Å². The number of aromatic nitrogens is 2. The first-order chi connectivity index (χ1) is 16.7. The van der Waals surface area contributed by atoms with Crippen molar-refractivity contribution >= 4 is 17.5 Å². The molecule has 7 nitrogen and oxygen atoms in total. The number of nitrogens with one attached hydrogen (secondary N) is 1. The van der Waals surface area contributed by atoms with Crippen molar-refractivity contribution in [1.82, 2.24) is 20.0 Å². The van der Waals surface area contributed by atoms with Gasteiger partial charge in [-0.15, -0.1) is 0 Å². The number of fused-ring (bicyclic) bond motifs is 1. The van der Waals surface area contributed by atoms with Gasteiger partial charge >= 0.3 is 0 Å². The van der Waals surface area contributed by atoms with E-state index in [9.17, 15) is 4.79 Å². The summed E-state index contributed by atoms with van der Waals surface area (Å²) in [6.07, 6.45) is 0.896. The van der Waals surface area contributed by atoms with Gasteiger partial charge < -0.3 is 14.4 Å². The molecule has 1 amide bonds. The van der Waals surface area contributed by atoms with E-state index in [-0.39, 0.29) is 11.9 Å². The highest BCUT2D eigenvalue weighted by Gasteiger charge is 2.41. The fourth-order valence-corrected chi connectivity index (χ4v) is 4.93. The maximum absolute atomic E-state index is 13.5. The maximum Gasteiger partial charge on any atom is 0.273 e. The number of H-pyrrole nitrogens is 1. The first kappa shape index (κ1) is 22.9. The quantitative estimate of drug-likeness (QED) is 0.517. The molecule has 3 aromatic rings. The van der Waals surface area contributed by atoms with Crippen molar-refractivity contribution in [2.75, 3.05) is 46.0 Å². The van der Waals surface area contributed by atoms with Crippen molar-refractivity contribution in [3.63, 3.8) is 0 Å². The van der Waals surface area contributed by atoms with E-state index in [1.165, 1.54) is 0 Å². The standard InChI is InChI=1S/C26H29ClN4O3/c1-2-34-21-10-6-19(7-11-21)25-22-23(18-4-8-20(27)9-5-18)28-29-24(22)26(32)31(25)13-3-12-30-14-16-33-17-15-30/h4-11,25H,2-3,12-17H2,1H3,(H,28,29). The molecule has 5 rings (SSSR count). The third kappa shape index (κ3) is 4.56. The molecule has 8 heteroatoms. The number of carbonyl (C=O) groups is 1. The van der Waals surface area contributed by atoms with Crippen LogP contribution in [0.5, 0.6) is 5.75 Å². The molecule has 0 aliphatic carbocycles. The molecule has 2 aliphatic rings. The molecule has 1 unspecified atom stereocenters. The van der Waals surface area contributed by atoms with E-state index in [4.69, 9.17) is 21.1 Å². The molecule has 1 N–H and O–H groups in total. The van der Waals surface area contributed by atoms with Gasteiger partial charge in [-0.05, 0) is 43.2 Å². The molecule has 1 aromatic heterocycles. The average Bonchev–Trinajstić information content (AvgIpc) is 3.40. The summed E-state index contributed by atoms with van der Waals surface area (Å²) in [6, 6.07) is 15.4. The largest absolute Gasteiger partial charge is 0.494 e. The summed E-state index contributed by atoms with van der Waals surface area (Å²) in [4.78, 5) is 17.9. The number of hydrogen-bond acceptors (Lipinski definition) is 5. The van der Waals surface area contributed by atoms with Gasteiger partial charge in [0.25, 0.3) is 5.91 Å². The van der Waals surface area contributed by atoms with Crippen molar-refractivity contribution in [3.05, 3.63) is 70.4 Å². The van der Waals surface area contributed by atoms with Gasteiger partial charge in [0.2, 0.25) is 0 Å². The monoisotopic (exact) mass is 480 g/mol. The number of carbonyl (C=O) groups excluding carboxylic acids is 1. The van der Waals surface area contributed by atoms with Crippen molar-refractivity contribution in [3.8, 4) is 17.0 Å². The minimum atomic E-state index is -0.215. The molecular weight excluding hydrogens is 452 g/mol. The van der Waals surface area contributed by atoms with Gasteiger partial charge in [-0.2, -0.15) is 5.10 Å². The SMILES string of the molecule is CCOc1ccc(C2c3c(-c4ccc(Cl)cc4)n[nH]c3C(=O)N2CCCN2CCOCC2)cc1. The zero-order valence-electron chi connectivity index (χ0n) is 19.3. The third-order valence-electron chi connectivity index (χ3n) is 6.47. The Bertz CT molecular complexity index is 1120. The Morgan fingerprint density at radius 2 is 1.82 bits per heavy atom. The van der Waals surface area contributed by atoms with Crippen LogP contribution in [-0.2, 0) is 4.74 Å². The Balaban J connectivity index is 1.46. The molecule has 2 aliphatic heterocycles. The number of nitrogens with zero attached hydrogens (tertiary/aromatic N) is 3. The van der Waals surface area contributed by atoms with Crippen LogP contribution in [0.2, 0.25) is 5.02 Å². The minimum absolute atomic E-state index is 0.0106. The first-order valence-corrected chi connectivity index (χ1v) is 12.2. The molecule has 34 heavy (non-hydrogen) atoms. The lowest BCUT2D eigenvalue weighted by Gasteiger charge is -2.29. The second-order valence-electron chi connectivity index (χ2n) is 8.58. The molecule has 3 heterocycles. The minimum Gasteiger partial charge on any atom is -0.494 e. The Kier molecular flexibility index (Phi) is 6.85. The highest BCUT2D eigenvalue weighted by Crippen LogP contribution is 2.43. The molecule has 1 saturated heterocycles. The van der Waals surface area contributed by atoms with E-state index in [0.717, 1.165) is 67.4 Å². The predicted molar refractivity (Wildman–Crippen MR) is 131 cm³/mol. The number of morpholine rings is 1. The van der Waals surface area contributed by atoms with Crippen molar-refractivity contribution < 1.29 is 14.3 Å². The second kappa shape index (κ2) is 10.2. The van der Waals surface area contributed by atoms with Crippen molar-refractivity contribution in [1.29, 1.82) is 0 Å². The molecule has 1 atom stereocenters. The van der Waals surface area contributed by atoms with Crippen LogP contribution in [0.3, 0.4) is 0 Å². The Hall–Kier alpha value is -2.87. The first-order valence-electron chi connectivity index (χ1n) is 11.8. The number of halogens is 1. The lowest BCUT2D eigenvalue weighted by Crippen LogP contribution is -2.38. The van der Waals surface area contributed by atoms with E-state index < -0.39 is 0 Å². The topological polar surface area (TPSA) is 70.7 Å². The highest BCUT2D eigenvalue weighted by atomic mass is 35.5. The van der Waals surface area contributed by atoms with E-state index >= 15 is 0 Å². The fourth-order valence-electron chi connectivity index (χ4n) is 4.80. The van der Waals surface area contributed by atoms with Crippen LogP contribution in [0.25, 0.3) is 11.3 Å². The van der Waals surface area contributed by atoms with Gasteiger partial charge in [-0.25, -0.2) is 0 Å². The van der Waals surface area contributed by atoms with Crippen LogP contribution in [0.15, 0.2) is 48.5 Å². The molecule has 0 bridgehead atoms. The summed E-state index contributed by atoms with van der Waals surface area (Å²) in [6.45, 7) is 7.63. The van der Waals surface area contributed by atoms with Gasteiger partial charge in [0, 0.05) is 42.3 Å². The molecule has 178 valence electrons. The van der Waals surface area contributed by atoms with Gasteiger partial charge in [-0.1, -0.05) is 35.9 Å².